The molecule has 0 saturated carbocycles. The maximum atomic E-state index is 5.96. The second-order valence-electron chi connectivity index (χ2n) is 7.99. The van der Waals surface area contributed by atoms with Crippen molar-refractivity contribution in [3.05, 3.63) is 95.7 Å². The zero-order valence-corrected chi connectivity index (χ0v) is 18.1. The van der Waals surface area contributed by atoms with Crippen LogP contribution in [0.3, 0.4) is 0 Å². The Morgan fingerprint density at radius 3 is 2.65 bits per heavy atom. The smallest absolute Gasteiger partial charge is 0.217 e. The van der Waals surface area contributed by atoms with Gasteiger partial charge < -0.3 is 9.47 Å². The molecule has 4 nitrogen and oxygen atoms in total. The van der Waals surface area contributed by atoms with Crippen molar-refractivity contribution in [2.75, 3.05) is 20.2 Å². The Labute approximate surface area is 185 Å². The van der Waals surface area contributed by atoms with E-state index in [2.05, 4.69) is 58.4 Å². The zero-order valence-electron chi connectivity index (χ0n) is 18.1. The summed E-state index contributed by atoms with van der Waals surface area (Å²) in [6.07, 6.45) is 8.71. The van der Waals surface area contributed by atoms with Crippen molar-refractivity contribution >= 4 is 6.08 Å². The lowest BCUT2D eigenvalue weighted by Gasteiger charge is -2.30. The molecule has 3 aromatic rings. The number of benzene rings is 2. The van der Waals surface area contributed by atoms with E-state index in [1.165, 1.54) is 24.0 Å². The lowest BCUT2D eigenvalue weighted by molar-refractivity contribution is 0.193. The number of pyridine rings is 1. The van der Waals surface area contributed by atoms with Crippen LogP contribution in [0.1, 0.15) is 29.5 Å². The summed E-state index contributed by atoms with van der Waals surface area (Å²) < 4.78 is 11.3. The minimum atomic E-state index is 0.591. The SMILES string of the molecule is COc1ncccc1CN1CCC(C=Cc2cccc(OCc3ccccc3)c2)CC1. The number of methoxy groups -OCH3 is 1. The second kappa shape index (κ2) is 10.8. The number of likely N-dealkylation sites (tertiary alicyclic amines) is 1. The highest BCUT2D eigenvalue weighted by Crippen LogP contribution is 2.24. The number of piperidine rings is 1. The van der Waals surface area contributed by atoms with Crippen molar-refractivity contribution in [1.82, 2.24) is 9.88 Å². The molecular formula is C27H30N2O2. The van der Waals surface area contributed by atoms with Crippen LogP contribution in [0.15, 0.2) is 79.0 Å². The van der Waals surface area contributed by atoms with Crippen molar-refractivity contribution in [3.63, 3.8) is 0 Å². The van der Waals surface area contributed by atoms with Gasteiger partial charge in [-0.2, -0.15) is 0 Å². The van der Waals surface area contributed by atoms with Gasteiger partial charge in [0.15, 0.2) is 0 Å². The summed E-state index contributed by atoms with van der Waals surface area (Å²) in [6, 6.07) is 22.7. The Morgan fingerprint density at radius 2 is 1.84 bits per heavy atom. The van der Waals surface area contributed by atoms with Gasteiger partial charge in [-0.05, 0) is 61.2 Å². The van der Waals surface area contributed by atoms with Gasteiger partial charge in [0, 0.05) is 18.3 Å². The van der Waals surface area contributed by atoms with Crippen LogP contribution < -0.4 is 9.47 Å². The van der Waals surface area contributed by atoms with E-state index >= 15 is 0 Å². The largest absolute Gasteiger partial charge is 0.489 e. The highest BCUT2D eigenvalue weighted by Gasteiger charge is 2.18. The summed E-state index contributed by atoms with van der Waals surface area (Å²) in [7, 11) is 1.69. The Bertz CT molecular complexity index is 979. The first-order chi connectivity index (χ1) is 15.3. The average molecular weight is 415 g/mol. The van der Waals surface area contributed by atoms with E-state index in [0.717, 1.165) is 36.8 Å². The third-order valence-corrected chi connectivity index (χ3v) is 5.74. The first-order valence-corrected chi connectivity index (χ1v) is 11.0. The molecular weight excluding hydrogens is 384 g/mol. The maximum absolute atomic E-state index is 5.96. The zero-order chi connectivity index (χ0) is 21.3. The molecule has 160 valence electrons. The van der Waals surface area contributed by atoms with Crippen LogP contribution in [0, 0.1) is 5.92 Å². The van der Waals surface area contributed by atoms with Crippen molar-refractivity contribution in [3.8, 4) is 11.6 Å². The Kier molecular flexibility index (Phi) is 7.35. The topological polar surface area (TPSA) is 34.6 Å². The minimum Gasteiger partial charge on any atom is -0.489 e. The van der Waals surface area contributed by atoms with Gasteiger partial charge in [0.1, 0.15) is 12.4 Å². The molecule has 1 aromatic heterocycles. The molecule has 0 N–H and O–H groups in total. The summed E-state index contributed by atoms with van der Waals surface area (Å²) in [4.78, 5) is 6.80. The van der Waals surface area contributed by atoms with Crippen LogP contribution in [0.4, 0.5) is 0 Å². The number of hydrogen-bond donors (Lipinski definition) is 0. The highest BCUT2D eigenvalue weighted by atomic mass is 16.5. The fourth-order valence-electron chi connectivity index (χ4n) is 3.97. The van der Waals surface area contributed by atoms with Gasteiger partial charge in [-0.3, -0.25) is 4.90 Å². The Morgan fingerprint density at radius 1 is 1.00 bits per heavy atom. The molecule has 2 aromatic carbocycles. The molecule has 1 aliphatic heterocycles. The van der Waals surface area contributed by atoms with E-state index in [-0.39, 0.29) is 0 Å². The van der Waals surface area contributed by atoms with Crippen LogP contribution >= 0.6 is 0 Å². The molecule has 0 bridgehead atoms. The van der Waals surface area contributed by atoms with Gasteiger partial charge in [-0.25, -0.2) is 4.98 Å². The van der Waals surface area contributed by atoms with Crippen LogP contribution in [0.5, 0.6) is 11.6 Å². The van der Waals surface area contributed by atoms with Crippen molar-refractivity contribution in [2.24, 2.45) is 5.92 Å². The average Bonchev–Trinajstić information content (AvgIpc) is 2.84. The molecule has 2 heterocycles. The lowest BCUT2D eigenvalue weighted by atomic mass is 9.95. The normalized spacial score (nSPS) is 15.3. The van der Waals surface area contributed by atoms with E-state index in [1.54, 1.807) is 13.3 Å². The van der Waals surface area contributed by atoms with E-state index in [4.69, 9.17) is 9.47 Å². The first kappa shape index (κ1) is 21.1. The van der Waals surface area contributed by atoms with Crippen molar-refractivity contribution < 1.29 is 9.47 Å². The molecule has 0 radical (unpaired) electrons. The quantitative estimate of drug-likeness (QED) is 0.481. The van der Waals surface area contributed by atoms with E-state index in [0.29, 0.717) is 12.5 Å². The summed E-state index contributed by atoms with van der Waals surface area (Å²) >= 11 is 0. The highest BCUT2D eigenvalue weighted by molar-refractivity contribution is 5.52. The molecule has 1 aliphatic rings. The summed E-state index contributed by atoms with van der Waals surface area (Å²) in [5, 5.41) is 0. The number of aromatic nitrogens is 1. The predicted octanol–water partition coefficient (Wildman–Crippen LogP) is 5.59. The fraction of sp³-hybridized carbons (Fsp3) is 0.296. The summed E-state index contributed by atoms with van der Waals surface area (Å²) in [6.45, 7) is 3.67. The lowest BCUT2D eigenvalue weighted by Crippen LogP contribution is -2.32. The van der Waals surface area contributed by atoms with Gasteiger partial charge in [0.2, 0.25) is 5.88 Å². The molecule has 0 aliphatic carbocycles. The molecule has 0 amide bonds. The third-order valence-electron chi connectivity index (χ3n) is 5.74. The molecule has 0 spiro atoms. The fourth-order valence-corrected chi connectivity index (χ4v) is 3.97. The number of hydrogen-bond acceptors (Lipinski definition) is 4. The van der Waals surface area contributed by atoms with Gasteiger partial charge in [-0.15, -0.1) is 0 Å². The Balaban J connectivity index is 1.27. The molecule has 0 unspecified atom stereocenters. The van der Waals surface area contributed by atoms with E-state index in [9.17, 15) is 0 Å². The van der Waals surface area contributed by atoms with Crippen LogP contribution in [0.2, 0.25) is 0 Å². The first-order valence-electron chi connectivity index (χ1n) is 11.0. The maximum Gasteiger partial charge on any atom is 0.217 e. The molecule has 31 heavy (non-hydrogen) atoms. The Hall–Kier alpha value is -3.11. The molecule has 4 heteroatoms. The van der Waals surface area contributed by atoms with Crippen molar-refractivity contribution in [2.45, 2.75) is 26.0 Å². The number of ether oxygens (including phenoxy) is 2. The summed E-state index contributed by atoms with van der Waals surface area (Å²) in [5.41, 5.74) is 3.53. The molecule has 4 rings (SSSR count). The molecule has 0 atom stereocenters. The van der Waals surface area contributed by atoms with Gasteiger partial charge in [0.25, 0.3) is 0 Å². The van der Waals surface area contributed by atoms with Crippen LogP contribution in [0.25, 0.3) is 6.08 Å². The van der Waals surface area contributed by atoms with Gasteiger partial charge in [-0.1, -0.05) is 60.7 Å². The second-order valence-corrected chi connectivity index (χ2v) is 7.99. The monoisotopic (exact) mass is 414 g/mol. The van der Waals surface area contributed by atoms with E-state index < -0.39 is 0 Å². The van der Waals surface area contributed by atoms with Crippen LogP contribution in [-0.4, -0.2) is 30.1 Å². The van der Waals surface area contributed by atoms with E-state index in [1.807, 2.05) is 30.3 Å². The van der Waals surface area contributed by atoms with Gasteiger partial charge >= 0.3 is 0 Å². The van der Waals surface area contributed by atoms with Crippen molar-refractivity contribution in [1.29, 1.82) is 0 Å². The number of nitrogens with zero attached hydrogens (tertiary/aromatic N) is 2. The summed E-state index contributed by atoms with van der Waals surface area (Å²) in [5.74, 6) is 2.26. The minimum absolute atomic E-state index is 0.591. The molecule has 1 fully saturated rings. The third kappa shape index (κ3) is 6.19. The predicted molar refractivity (Wildman–Crippen MR) is 125 cm³/mol. The molecule has 1 saturated heterocycles. The number of allylic oxidation sites excluding steroid dienone is 1. The van der Waals surface area contributed by atoms with Crippen LogP contribution in [-0.2, 0) is 13.2 Å². The number of rotatable bonds is 8. The standard InChI is InChI=1S/C27H30N2O2/c1-30-27-25(10-6-16-28-27)20-29-17-14-22(15-18-29)12-13-23-9-5-11-26(19-23)31-21-24-7-3-2-4-8-24/h2-13,16,19,22H,14-15,17-18,20-21H2,1H3. The van der Waals surface area contributed by atoms with Gasteiger partial charge in [0.05, 0.1) is 7.11 Å².